The van der Waals surface area contributed by atoms with E-state index < -0.39 is 53.1 Å². The average molecular weight is 595 g/mol. The highest BCUT2D eigenvalue weighted by Crippen LogP contribution is 2.33. The highest BCUT2D eigenvalue weighted by atomic mass is 16.3. The summed E-state index contributed by atoms with van der Waals surface area (Å²) in [5, 5.41) is 21.2. The van der Waals surface area contributed by atoms with Gasteiger partial charge in [0, 0.05) is 19.2 Å². The summed E-state index contributed by atoms with van der Waals surface area (Å²) in [6.07, 6.45) is 8.08. The number of pyridine rings is 1. The number of nitrogens with one attached hydrogen (secondary N) is 1. The Bertz CT molecular complexity index is 1390. The topological polar surface area (TPSA) is 203 Å². The Hall–Kier alpha value is -4.33. The number of carbonyl (C=O) groups excluding carboxylic acids is 5. The van der Waals surface area contributed by atoms with Crippen molar-refractivity contribution in [3.8, 4) is 0 Å². The zero-order valence-electron chi connectivity index (χ0n) is 24.6. The first-order valence-corrected chi connectivity index (χ1v) is 14.5. The molecule has 1 saturated carbocycles. The third kappa shape index (κ3) is 7.55. The maximum atomic E-state index is 14.2. The minimum absolute atomic E-state index is 0.0109. The Labute approximate surface area is 249 Å². The molecule has 3 atom stereocenters. The minimum Gasteiger partial charge on any atom is -0.384 e. The second kappa shape index (κ2) is 13.3. The molecule has 4 amide bonds. The lowest BCUT2D eigenvalue weighted by atomic mass is 9.85. The molecule has 43 heavy (non-hydrogen) atoms. The van der Waals surface area contributed by atoms with Gasteiger partial charge in [-0.15, -0.1) is 5.10 Å². The highest BCUT2D eigenvalue weighted by molar-refractivity contribution is 6.41. The van der Waals surface area contributed by atoms with Crippen molar-refractivity contribution in [1.29, 1.82) is 0 Å². The van der Waals surface area contributed by atoms with Crippen molar-refractivity contribution in [3.05, 3.63) is 42.0 Å². The van der Waals surface area contributed by atoms with Crippen LogP contribution in [0.25, 0.3) is 0 Å². The molecule has 1 aliphatic carbocycles. The zero-order chi connectivity index (χ0) is 31.3. The van der Waals surface area contributed by atoms with Gasteiger partial charge in [0.2, 0.25) is 11.7 Å². The summed E-state index contributed by atoms with van der Waals surface area (Å²) in [4.78, 5) is 74.0. The zero-order valence-corrected chi connectivity index (χ0v) is 24.6. The quantitative estimate of drug-likeness (QED) is 0.263. The lowest BCUT2D eigenvalue weighted by molar-refractivity contribution is -0.139. The number of nitrogens with two attached hydrogens (primary N) is 1. The summed E-state index contributed by atoms with van der Waals surface area (Å²) in [7, 11) is 0. The summed E-state index contributed by atoms with van der Waals surface area (Å²) in [6, 6.07) is 1.92. The van der Waals surface area contributed by atoms with Gasteiger partial charge < -0.3 is 21.1 Å². The molecule has 14 nitrogen and oxygen atoms in total. The average Bonchev–Trinajstić information content (AvgIpc) is 3.65. The molecule has 0 radical (unpaired) electrons. The Morgan fingerprint density at radius 2 is 1.88 bits per heavy atom. The molecular weight excluding hydrogens is 556 g/mol. The van der Waals surface area contributed by atoms with Crippen LogP contribution >= 0.6 is 0 Å². The van der Waals surface area contributed by atoms with Gasteiger partial charge in [-0.2, -0.15) is 0 Å². The summed E-state index contributed by atoms with van der Waals surface area (Å²) in [6.45, 7) is 4.46. The van der Waals surface area contributed by atoms with Crippen molar-refractivity contribution in [2.75, 3.05) is 6.54 Å². The van der Waals surface area contributed by atoms with Crippen LogP contribution in [-0.2, 0) is 24.8 Å². The van der Waals surface area contributed by atoms with Gasteiger partial charge in [-0.1, -0.05) is 43.4 Å². The molecule has 1 aliphatic heterocycles. The van der Waals surface area contributed by atoms with Gasteiger partial charge in [-0.25, -0.2) is 9.67 Å². The second-order valence-electron chi connectivity index (χ2n) is 11.7. The standard InChI is InChI=1S/C29H38N8O6/c1-17(24(38)25(30)39)33-27(41)22-14-19(37-23(15-32-35-37)29(2,3)43)16-36(22)28(42)21(13-18-9-5-4-6-10-18)34-26(40)20-11-7-8-12-31-20/h7-8,11-12,15,17-19,22,43H,4-6,9-10,13-14,16H2,1-3H3,(H2,30,39)(H,33,41)/t17?,19-,22-/m0/s1. The van der Waals surface area contributed by atoms with E-state index in [4.69, 9.17) is 5.73 Å². The Morgan fingerprint density at radius 1 is 1.16 bits per heavy atom. The van der Waals surface area contributed by atoms with Crippen LogP contribution in [0.2, 0.25) is 0 Å². The number of rotatable bonds is 10. The van der Waals surface area contributed by atoms with Crippen LogP contribution in [-0.4, -0.2) is 83.7 Å². The van der Waals surface area contributed by atoms with Crippen molar-refractivity contribution < 1.29 is 29.1 Å². The van der Waals surface area contributed by atoms with E-state index in [9.17, 15) is 29.1 Å². The number of Topliss-reactive ketones (excluding diaryl/α,β-unsaturated/α-hetero) is 1. The second-order valence-corrected chi connectivity index (χ2v) is 11.7. The van der Waals surface area contributed by atoms with E-state index in [1.54, 1.807) is 26.0 Å². The number of ketones is 1. The van der Waals surface area contributed by atoms with Gasteiger partial charge in [-0.3, -0.25) is 29.0 Å². The number of aromatic nitrogens is 4. The summed E-state index contributed by atoms with van der Waals surface area (Å²) >= 11 is 0. The van der Waals surface area contributed by atoms with Gasteiger partial charge in [0.1, 0.15) is 23.0 Å². The molecule has 2 aromatic heterocycles. The highest BCUT2D eigenvalue weighted by Gasteiger charge is 2.44. The predicted octanol–water partition coefficient (Wildman–Crippen LogP) is 0.853. The maximum Gasteiger partial charge on any atom is 0.295 e. The SMILES string of the molecule is CC(NC(=O)[C@@H]1C[C@H](n2nncc2C(C)(C)O)CN1C(=O)C(CC1CCCCC1)=NC(=O)c1ccccn1)C(=O)C(N)=O. The van der Waals surface area contributed by atoms with Crippen LogP contribution in [0.4, 0.5) is 0 Å². The van der Waals surface area contributed by atoms with Crippen LogP contribution < -0.4 is 11.1 Å². The van der Waals surface area contributed by atoms with Crippen molar-refractivity contribution in [2.45, 2.75) is 89.4 Å². The van der Waals surface area contributed by atoms with E-state index >= 15 is 0 Å². The molecule has 3 heterocycles. The van der Waals surface area contributed by atoms with Gasteiger partial charge in [-0.05, 0) is 45.2 Å². The molecule has 2 aliphatic rings. The molecule has 2 aromatic rings. The van der Waals surface area contributed by atoms with Crippen LogP contribution in [0.5, 0.6) is 0 Å². The Balaban J connectivity index is 1.69. The summed E-state index contributed by atoms with van der Waals surface area (Å²) in [5.74, 6) is -3.99. The van der Waals surface area contributed by atoms with E-state index in [0.717, 1.165) is 32.1 Å². The lowest BCUT2D eigenvalue weighted by Crippen LogP contribution is -2.52. The number of hydrogen-bond donors (Lipinski definition) is 3. The van der Waals surface area contributed by atoms with E-state index in [2.05, 4.69) is 25.6 Å². The van der Waals surface area contributed by atoms with Crippen molar-refractivity contribution >= 4 is 35.1 Å². The molecule has 1 unspecified atom stereocenters. The molecule has 14 heteroatoms. The fourth-order valence-corrected chi connectivity index (χ4v) is 5.68. The molecule has 230 valence electrons. The largest absolute Gasteiger partial charge is 0.384 e. The van der Waals surface area contributed by atoms with Gasteiger partial charge in [0.05, 0.1) is 24.0 Å². The smallest absolute Gasteiger partial charge is 0.295 e. The summed E-state index contributed by atoms with van der Waals surface area (Å²) < 4.78 is 1.47. The number of amides is 4. The van der Waals surface area contributed by atoms with Gasteiger partial charge >= 0.3 is 0 Å². The number of aliphatic hydroxyl groups is 1. The predicted molar refractivity (Wildman–Crippen MR) is 153 cm³/mol. The fraction of sp³-hybridized carbons (Fsp3) is 0.552. The lowest BCUT2D eigenvalue weighted by Gasteiger charge is -2.27. The Kier molecular flexibility index (Phi) is 9.79. The Morgan fingerprint density at radius 3 is 2.51 bits per heavy atom. The van der Waals surface area contributed by atoms with Gasteiger partial charge in [0.25, 0.3) is 17.7 Å². The number of aliphatic imine (C=N–C) groups is 1. The van der Waals surface area contributed by atoms with Crippen molar-refractivity contribution in [1.82, 2.24) is 30.2 Å². The first-order valence-electron chi connectivity index (χ1n) is 14.5. The monoisotopic (exact) mass is 594 g/mol. The number of nitrogens with zero attached hydrogens (tertiary/aromatic N) is 6. The van der Waals surface area contributed by atoms with Crippen LogP contribution in [0.1, 0.15) is 87.9 Å². The van der Waals surface area contributed by atoms with Crippen molar-refractivity contribution in [2.24, 2.45) is 16.6 Å². The first kappa shape index (κ1) is 31.6. The van der Waals surface area contributed by atoms with Crippen LogP contribution in [0.15, 0.2) is 35.6 Å². The molecule has 4 rings (SSSR count). The number of carbonyl (C=O) groups is 5. The van der Waals surface area contributed by atoms with E-state index in [1.807, 2.05) is 0 Å². The minimum atomic E-state index is -1.32. The molecular formula is C29H38N8O6. The third-order valence-electron chi connectivity index (χ3n) is 7.96. The van der Waals surface area contributed by atoms with Crippen LogP contribution in [0, 0.1) is 5.92 Å². The third-order valence-corrected chi connectivity index (χ3v) is 7.96. The number of likely N-dealkylation sites (tertiary alicyclic amines) is 1. The van der Waals surface area contributed by atoms with Crippen molar-refractivity contribution in [3.63, 3.8) is 0 Å². The van der Waals surface area contributed by atoms with Crippen LogP contribution in [0.3, 0.4) is 0 Å². The number of primary amides is 1. The summed E-state index contributed by atoms with van der Waals surface area (Å²) in [5.41, 5.74) is 4.27. The molecule has 0 aromatic carbocycles. The molecule has 0 spiro atoms. The molecule has 0 bridgehead atoms. The van der Waals surface area contributed by atoms with E-state index in [-0.39, 0.29) is 36.7 Å². The van der Waals surface area contributed by atoms with E-state index in [1.165, 1.54) is 35.0 Å². The molecule has 4 N–H and O–H groups in total. The maximum absolute atomic E-state index is 14.2. The molecule has 2 fully saturated rings. The molecule has 1 saturated heterocycles. The van der Waals surface area contributed by atoms with E-state index in [0.29, 0.717) is 5.69 Å². The first-order chi connectivity index (χ1) is 20.4. The fourth-order valence-electron chi connectivity index (χ4n) is 5.68. The van der Waals surface area contributed by atoms with Gasteiger partial charge in [0.15, 0.2) is 0 Å². The normalized spacial score (nSPS) is 20.5. The number of hydrogen-bond acceptors (Lipinski definition) is 9.